The average Bonchev–Trinajstić information content (AvgIpc) is 2.77. The maximum atomic E-state index is 13.6. The van der Waals surface area contributed by atoms with Gasteiger partial charge in [0.15, 0.2) is 11.4 Å². The Kier molecular flexibility index (Phi) is 6.50. The summed E-state index contributed by atoms with van der Waals surface area (Å²) in [6.45, 7) is 8.91. The summed E-state index contributed by atoms with van der Waals surface area (Å²) in [5.74, 6) is -6.59. The van der Waals surface area contributed by atoms with Crippen LogP contribution in [0.5, 0.6) is 5.75 Å². The van der Waals surface area contributed by atoms with Crippen LogP contribution in [-0.2, 0) is 27.3 Å². The van der Waals surface area contributed by atoms with Crippen LogP contribution in [0.4, 0.5) is 0 Å². The first-order valence-corrected chi connectivity index (χ1v) is 12.6. The van der Waals surface area contributed by atoms with Crippen molar-refractivity contribution in [2.75, 3.05) is 7.05 Å². The number of primary amides is 1. The molecule has 1 amide bonds. The number of hydrogen-bond donors (Lipinski definition) is 5. The number of phenols is 1. The van der Waals surface area contributed by atoms with E-state index in [9.17, 15) is 34.8 Å². The summed E-state index contributed by atoms with van der Waals surface area (Å²) in [5, 5.41) is 44.4. The first-order chi connectivity index (χ1) is 17.0. The Morgan fingerprint density at radius 2 is 1.86 bits per heavy atom. The molecule has 0 spiro atoms. The maximum absolute atomic E-state index is 13.6. The molecule has 0 saturated heterocycles. The fourth-order valence-corrected chi connectivity index (χ4v) is 6.19. The molecule has 6 N–H and O–H groups in total. The number of rotatable bonds is 4. The second-order valence-corrected chi connectivity index (χ2v) is 12.0. The lowest BCUT2D eigenvalue weighted by atomic mass is 9.59. The number of carbonyl (C=O) groups excluding carboxylic acids is 3. The number of phenolic OH excluding ortho intramolecular Hbond substituents is 1. The van der Waals surface area contributed by atoms with Crippen molar-refractivity contribution in [2.45, 2.75) is 65.1 Å². The predicted molar refractivity (Wildman–Crippen MR) is 137 cm³/mol. The highest BCUT2D eigenvalue weighted by atomic mass is 35.5. The first-order valence-electron chi connectivity index (χ1n) is 12.2. The minimum Gasteiger partial charge on any atom is -0.508 e. The Balaban J connectivity index is 1.81. The number of hydrogen-bond acceptors (Lipinski definition) is 8. The number of carbonyl (C=O) groups is 3. The van der Waals surface area contributed by atoms with E-state index in [1.165, 1.54) is 6.07 Å². The Hall–Kier alpha value is -2.88. The third-order valence-corrected chi connectivity index (χ3v) is 8.88. The van der Waals surface area contributed by atoms with Crippen molar-refractivity contribution >= 4 is 34.8 Å². The van der Waals surface area contributed by atoms with Gasteiger partial charge < -0.3 is 26.2 Å². The summed E-state index contributed by atoms with van der Waals surface area (Å²) in [4.78, 5) is 39.9. The summed E-state index contributed by atoms with van der Waals surface area (Å²) in [5.41, 5.74) is 2.75. The minimum absolute atomic E-state index is 0.00153. The van der Waals surface area contributed by atoms with Gasteiger partial charge in [-0.1, -0.05) is 32.4 Å². The number of fused-ring (bicyclic) bond motifs is 3. The number of ketones is 2. The molecule has 1 saturated carbocycles. The molecule has 0 radical (unpaired) electrons. The summed E-state index contributed by atoms with van der Waals surface area (Å²) in [7, 11) is 1.96. The lowest BCUT2D eigenvalue weighted by Crippen LogP contribution is -2.58. The molecule has 3 aliphatic rings. The number of aromatic hydroxyl groups is 1. The van der Waals surface area contributed by atoms with Gasteiger partial charge in [0.1, 0.15) is 22.8 Å². The van der Waals surface area contributed by atoms with E-state index in [4.69, 9.17) is 17.3 Å². The van der Waals surface area contributed by atoms with E-state index in [0.717, 1.165) is 0 Å². The smallest absolute Gasteiger partial charge is 0.255 e. The molecular weight excluding hydrogens is 500 g/mol. The predicted octanol–water partition coefficient (Wildman–Crippen LogP) is 2.94. The van der Waals surface area contributed by atoms with Crippen LogP contribution >= 0.6 is 11.6 Å². The molecule has 0 heterocycles. The van der Waals surface area contributed by atoms with Gasteiger partial charge >= 0.3 is 0 Å². The van der Waals surface area contributed by atoms with Crippen LogP contribution in [0.3, 0.4) is 0 Å². The van der Waals surface area contributed by atoms with Crippen molar-refractivity contribution in [3.05, 3.63) is 44.7 Å². The number of amides is 1. The molecule has 1 aromatic rings. The molecule has 0 bridgehead atoms. The molecule has 3 aliphatic carbocycles. The lowest BCUT2D eigenvalue weighted by molar-refractivity contribution is -0.147. The number of Topliss-reactive ketones (excluding diaryl/α,β-unsaturated/α-hetero) is 2. The van der Waals surface area contributed by atoms with Crippen LogP contribution in [0, 0.1) is 17.3 Å². The van der Waals surface area contributed by atoms with E-state index in [0.29, 0.717) is 22.7 Å². The topological polar surface area (TPSA) is 161 Å². The number of nitrogens with zero attached hydrogens (tertiary/aromatic N) is 1. The van der Waals surface area contributed by atoms with E-state index in [-0.39, 0.29) is 47.6 Å². The fourth-order valence-electron chi connectivity index (χ4n) is 5.91. The van der Waals surface area contributed by atoms with Crippen molar-refractivity contribution in [1.82, 2.24) is 4.90 Å². The third kappa shape index (κ3) is 4.04. The van der Waals surface area contributed by atoms with Crippen LogP contribution in [0.2, 0.25) is 5.02 Å². The Morgan fingerprint density at radius 3 is 2.43 bits per heavy atom. The Bertz CT molecular complexity index is 1290. The SMILES string of the molecule is C[C@@H](N(C)Cc1cc(O)c2c(c1Cl)CC1C[C@H]3CC(=O)C(C(N)=O)=C(O)[C@@]3(O)C(=O)C1=C2O)C(C)(C)C. The molecule has 0 aromatic heterocycles. The molecule has 1 unspecified atom stereocenters. The summed E-state index contributed by atoms with van der Waals surface area (Å²) < 4.78 is 0. The van der Waals surface area contributed by atoms with Crippen LogP contribution in [0.15, 0.2) is 23.0 Å². The number of nitrogens with two attached hydrogens (primary N) is 1. The normalized spacial score (nSPS) is 26.7. The van der Waals surface area contributed by atoms with Gasteiger partial charge in [-0.25, -0.2) is 0 Å². The molecule has 37 heavy (non-hydrogen) atoms. The quantitative estimate of drug-likeness (QED) is 0.370. The molecule has 10 heteroatoms. The minimum atomic E-state index is -2.58. The third-order valence-electron chi connectivity index (χ3n) is 8.41. The van der Waals surface area contributed by atoms with E-state index in [1.807, 2.05) is 7.05 Å². The van der Waals surface area contributed by atoms with Crippen molar-refractivity contribution in [2.24, 2.45) is 23.0 Å². The number of aliphatic hydroxyl groups excluding tert-OH is 2. The van der Waals surface area contributed by atoms with Crippen LogP contribution < -0.4 is 5.73 Å². The van der Waals surface area contributed by atoms with E-state index >= 15 is 0 Å². The number of halogens is 1. The zero-order chi connectivity index (χ0) is 27.8. The van der Waals surface area contributed by atoms with Gasteiger partial charge in [0.05, 0.1) is 5.56 Å². The van der Waals surface area contributed by atoms with Crippen molar-refractivity contribution in [1.29, 1.82) is 0 Å². The van der Waals surface area contributed by atoms with Gasteiger partial charge in [0.25, 0.3) is 5.91 Å². The molecule has 0 aliphatic heterocycles. The molecule has 1 fully saturated rings. The first kappa shape index (κ1) is 27.2. The number of aliphatic hydroxyl groups is 3. The fraction of sp³-hybridized carbons (Fsp3) is 0.519. The number of benzene rings is 1. The van der Waals surface area contributed by atoms with Gasteiger partial charge in [0.2, 0.25) is 5.78 Å². The highest BCUT2D eigenvalue weighted by molar-refractivity contribution is 6.32. The zero-order valence-corrected chi connectivity index (χ0v) is 22.3. The van der Waals surface area contributed by atoms with Crippen molar-refractivity contribution < 1.29 is 34.8 Å². The van der Waals surface area contributed by atoms with Crippen LogP contribution in [0.1, 0.15) is 57.2 Å². The molecular formula is C27H33ClN2O7. The molecule has 4 atom stereocenters. The van der Waals surface area contributed by atoms with Gasteiger partial charge in [-0.05, 0) is 55.3 Å². The molecule has 1 aromatic carbocycles. The van der Waals surface area contributed by atoms with Gasteiger partial charge in [0, 0.05) is 35.5 Å². The Morgan fingerprint density at radius 1 is 1.24 bits per heavy atom. The van der Waals surface area contributed by atoms with Crippen molar-refractivity contribution in [3.63, 3.8) is 0 Å². The molecule has 9 nitrogen and oxygen atoms in total. The second-order valence-electron chi connectivity index (χ2n) is 11.6. The summed E-state index contributed by atoms with van der Waals surface area (Å²) in [6, 6.07) is 1.64. The standard InChI is InChI=1S/C27H33ClN2O7/c1-11(26(2,3)4)30(5)10-13-8-16(31)19-15(21(13)28)7-12-6-14-9-17(32)20(25(29)36)24(35)27(14,37)23(34)18(12)22(19)33/h8,11-12,14,31,33,35,37H,6-7,9-10H2,1-5H3,(H2,29,36)/t11-,12?,14+,27+/m1/s1. The highest BCUT2D eigenvalue weighted by Crippen LogP contribution is 2.53. The van der Waals surface area contributed by atoms with E-state index < -0.39 is 52.0 Å². The molecule has 200 valence electrons. The van der Waals surface area contributed by atoms with E-state index in [2.05, 4.69) is 32.6 Å². The van der Waals surface area contributed by atoms with Crippen LogP contribution in [0.25, 0.3) is 5.76 Å². The lowest BCUT2D eigenvalue weighted by Gasteiger charge is -2.46. The highest BCUT2D eigenvalue weighted by Gasteiger charge is 2.60. The maximum Gasteiger partial charge on any atom is 0.255 e. The van der Waals surface area contributed by atoms with Crippen molar-refractivity contribution in [3.8, 4) is 5.75 Å². The molecule has 4 rings (SSSR count). The second kappa shape index (κ2) is 8.85. The monoisotopic (exact) mass is 532 g/mol. The summed E-state index contributed by atoms with van der Waals surface area (Å²) >= 11 is 6.80. The largest absolute Gasteiger partial charge is 0.508 e. The van der Waals surface area contributed by atoms with E-state index in [1.54, 1.807) is 0 Å². The summed E-state index contributed by atoms with van der Waals surface area (Å²) in [6.07, 6.45) is -0.130. The van der Waals surface area contributed by atoms with Gasteiger partial charge in [-0.15, -0.1) is 0 Å². The zero-order valence-electron chi connectivity index (χ0n) is 21.6. The Labute approximate surface area is 220 Å². The van der Waals surface area contributed by atoms with Gasteiger partial charge in [-0.2, -0.15) is 0 Å². The van der Waals surface area contributed by atoms with Crippen LogP contribution in [-0.4, -0.2) is 61.5 Å². The average molecular weight is 533 g/mol. The van der Waals surface area contributed by atoms with Gasteiger partial charge in [-0.3, -0.25) is 19.3 Å².